The third kappa shape index (κ3) is 3.94. The van der Waals surface area contributed by atoms with Crippen LogP contribution in [0.2, 0.25) is 0 Å². The highest BCUT2D eigenvalue weighted by atomic mass is 35.5. The van der Waals surface area contributed by atoms with E-state index in [1.807, 2.05) is 12.1 Å². The van der Waals surface area contributed by atoms with Crippen LogP contribution in [-0.2, 0) is 22.7 Å². The second-order valence-corrected chi connectivity index (χ2v) is 7.48. The maximum atomic E-state index is 11.6. The van der Waals surface area contributed by atoms with Crippen molar-refractivity contribution in [1.82, 2.24) is 4.90 Å². The van der Waals surface area contributed by atoms with Crippen molar-refractivity contribution < 1.29 is 8.42 Å². The first-order valence-corrected chi connectivity index (χ1v) is 9.03. The van der Waals surface area contributed by atoms with Gasteiger partial charge in [-0.3, -0.25) is 0 Å². The molecule has 0 fully saturated rings. The van der Waals surface area contributed by atoms with Crippen molar-refractivity contribution >= 4 is 21.4 Å². The lowest BCUT2D eigenvalue weighted by molar-refractivity contribution is 0.289. The third-order valence-corrected chi connectivity index (χ3v) is 4.99. The Balaban J connectivity index is 2.14. The van der Waals surface area contributed by atoms with E-state index < -0.39 is 9.84 Å². The summed E-state index contributed by atoms with van der Waals surface area (Å²) in [5, 5.41) is 0. The summed E-state index contributed by atoms with van der Waals surface area (Å²) in [5.74, 6) is 0.696. The Morgan fingerprint density at radius 1 is 1.21 bits per heavy atom. The maximum Gasteiger partial charge on any atom is 0.175 e. The van der Waals surface area contributed by atoms with Gasteiger partial charge in [-0.05, 0) is 49.1 Å². The highest BCUT2D eigenvalue weighted by molar-refractivity contribution is 7.90. The Kier molecular flexibility index (Phi) is 4.87. The SMILES string of the molecule is CS(=O)(=O)c1ccc2c(c1)CCN(CCCCl)CC2. The Labute approximate surface area is 120 Å². The van der Waals surface area contributed by atoms with Crippen LogP contribution in [0.3, 0.4) is 0 Å². The summed E-state index contributed by atoms with van der Waals surface area (Å²) in [6, 6.07) is 5.54. The van der Waals surface area contributed by atoms with Gasteiger partial charge in [0.05, 0.1) is 4.90 Å². The van der Waals surface area contributed by atoms with Gasteiger partial charge in [0.2, 0.25) is 0 Å². The van der Waals surface area contributed by atoms with Crippen LogP contribution in [0.25, 0.3) is 0 Å². The minimum atomic E-state index is -3.11. The van der Waals surface area contributed by atoms with E-state index in [4.69, 9.17) is 11.6 Å². The third-order valence-electron chi connectivity index (χ3n) is 3.61. The predicted molar refractivity (Wildman–Crippen MR) is 78.7 cm³/mol. The number of halogens is 1. The van der Waals surface area contributed by atoms with Crippen LogP contribution >= 0.6 is 11.6 Å². The fraction of sp³-hybridized carbons (Fsp3) is 0.571. The number of nitrogens with zero attached hydrogens (tertiary/aromatic N) is 1. The molecule has 0 saturated carbocycles. The molecule has 0 N–H and O–H groups in total. The molecular formula is C14H20ClNO2S. The van der Waals surface area contributed by atoms with E-state index in [2.05, 4.69) is 4.90 Å². The molecular weight excluding hydrogens is 282 g/mol. The first kappa shape index (κ1) is 14.8. The molecule has 0 saturated heterocycles. The van der Waals surface area contributed by atoms with Gasteiger partial charge in [-0.1, -0.05) is 6.07 Å². The van der Waals surface area contributed by atoms with E-state index >= 15 is 0 Å². The second-order valence-electron chi connectivity index (χ2n) is 5.09. The van der Waals surface area contributed by atoms with E-state index in [0.717, 1.165) is 38.9 Å². The number of hydrogen-bond acceptors (Lipinski definition) is 3. The zero-order valence-electron chi connectivity index (χ0n) is 11.2. The van der Waals surface area contributed by atoms with Crippen LogP contribution in [0.15, 0.2) is 23.1 Å². The quantitative estimate of drug-likeness (QED) is 0.800. The highest BCUT2D eigenvalue weighted by Gasteiger charge is 2.16. The number of benzene rings is 1. The minimum absolute atomic E-state index is 0.431. The van der Waals surface area contributed by atoms with Crippen LogP contribution in [-0.4, -0.2) is 45.1 Å². The Hall–Kier alpha value is -0.580. The van der Waals surface area contributed by atoms with Gasteiger partial charge in [0, 0.05) is 25.2 Å². The van der Waals surface area contributed by atoms with Crippen LogP contribution in [0, 0.1) is 0 Å². The number of fused-ring (bicyclic) bond motifs is 1. The van der Waals surface area contributed by atoms with E-state index in [1.165, 1.54) is 17.4 Å². The minimum Gasteiger partial charge on any atom is -0.303 e. The number of alkyl halides is 1. The summed E-state index contributed by atoms with van der Waals surface area (Å²) in [6.45, 7) is 3.04. The largest absolute Gasteiger partial charge is 0.303 e. The van der Waals surface area contributed by atoms with Gasteiger partial charge in [0.25, 0.3) is 0 Å². The van der Waals surface area contributed by atoms with Crippen molar-refractivity contribution in [2.75, 3.05) is 31.8 Å². The molecule has 0 radical (unpaired) electrons. The lowest BCUT2D eigenvalue weighted by Gasteiger charge is -2.18. The molecule has 106 valence electrons. The van der Waals surface area contributed by atoms with Crippen molar-refractivity contribution in [3.8, 4) is 0 Å². The monoisotopic (exact) mass is 301 g/mol. The maximum absolute atomic E-state index is 11.6. The zero-order chi connectivity index (χ0) is 13.9. The number of sulfone groups is 1. The second kappa shape index (κ2) is 6.25. The summed E-state index contributed by atoms with van der Waals surface area (Å²) in [7, 11) is -3.11. The van der Waals surface area contributed by atoms with Crippen LogP contribution in [0.5, 0.6) is 0 Å². The van der Waals surface area contributed by atoms with E-state index in [0.29, 0.717) is 10.8 Å². The predicted octanol–water partition coefficient (Wildman–Crippen LogP) is 2.12. The standard InChI is InChI=1S/C14H20ClNO2S/c1-19(17,18)14-4-3-12-5-9-16(8-2-7-15)10-6-13(12)11-14/h3-4,11H,2,5-10H2,1H3. The van der Waals surface area contributed by atoms with Crippen molar-refractivity contribution in [1.29, 1.82) is 0 Å². The molecule has 3 nitrogen and oxygen atoms in total. The number of hydrogen-bond donors (Lipinski definition) is 0. The van der Waals surface area contributed by atoms with Gasteiger partial charge in [-0.2, -0.15) is 0 Å². The van der Waals surface area contributed by atoms with E-state index in [-0.39, 0.29) is 0 Å². The van der Waals surface area contributed by atoms with Crippen LogP contribution in [0.4, 0.5) is 0 Å². The molecule has 0 unspecified atom stereocenters. The fourth-order valence-corrected chi connectivity index (χ4v) is 3.28. The van der Waals surface area contributed by atoms with Gasteiger partial charge in [0.15, 0.2) is 9.84 Å². The van der Waals surface area contributed by atoms with Crippen molar-refractivity contribution in [2.24, 2.45) is 0 Å². The normalized spacial score (nSPS) is 16.9. The van der Waals surface area contributed by atoms with Crippen LogP contribution < -0.4 is 0 Å². The van der Waals surface area contributed by atoms with Gasteiger partial charge in [-0.25, -0.2) is 8.42 Å². The molecule has 5 heteroatoms. The molecule has 0 amide bonds. The molecule has 2 rings (SSSR count). The molecule has 0 aromatic heterocycles. The Morgan fingerprint density at radius 2 is 1.89 bits per heavy atom. The van der Waals surface area contributed by atoms with Gasteiger partial charge >= 0.3 is 0 Å². The molecule has 1 aliphatic heterocycles. The molecule has 0 aliphatic carbocycles. The highest BCUT2D eigenvalue weighted by Crippen LogP contribution is 2.20. The molecule has 1 aromatic carbocycles. The fourth-order valence-electron chi connectivity index (χ4n) is 2.49. The summed E-state index contributed by atoms with van der Waals surface area (Å²) in [5.41, 5.74) is 2.46. The molecule has 0 spiro atoms. The Bertz CT molecular complexity index is 542. The van der Waals surface area contributed by atoms with Crippen LogP contribution in [0.1, 0.15) is 17.5 Å². The lowest BCUT2D eigenvalue weighted by atomic mass is 10.0. The average Bonchev–Trinajstić information content (AvgIpc) is 2.57. The van der Waals surface area contributed by atoms with Gasteiger partial charge < -0.3 is 4.90 Å². The summed E-state index contributed by atoms with van der Waals surface area (Å²) < 4.78 is 23.2. The van der Waals surface area contributed by atoms with Crippen molar-refractivity contribution in [3.05, 3.63) is 29.3 Å². The smallest absolute Gasteiger partial charge is 0.175 e. The molecule has 1 heterocycles. The van der Waals surface area contributed by atoms with Crippen molar-refractivity contribution in [2.45, 2.75) is 24.2 Å². The first-order valence-electron chi connectivity index (χ1n) is 6.61. The lowest BCUT2D eigenvalue weighted by Crippen LogP contribution is -2.27. The molecule has 0 atom stereocenters. The summed E-state index contributed by atoms with van der Waals surface area (Å²) in [4.78, 5) is 2.84. The average molecular weight is 302 g/mol. The first-order chi connectivity index (χ1) is 9.00. The van der Waals surface area contributed by atoms with Crippen molar-refractivity contribution in [3.63, 3.8) is 0 Å². The summed E-state index contributed by atoms with van der Waals surface area (Å²) >= 11 is 5.73. The molecule has 19 heavy (non-hydrogen) atoms. The molecule has 1 aromatic rings. The topological polar surface area (TPSA) is 37.4 Å². The Morgan fingerprint density at radius 3 is 2.53 bits per heavy atom. The van der Waals surface area contributed by atoms with Gasteiger partial charge in [-0.15, -0.1) is 11.6 Å². The molecule has 0 bridgehead atoms. The van der Waals surface area contributed by atoms with E-state index in [9.17, 15) is 8.42 Å². The van der Waals surface area contributed by atoms with Gasteiger partial charge in [0.1, 0.15) is 0 Å². The summed E-state index contributed by atoms with van der Waals surface area (Å²) in [6.07, 6.45) is 4.17. The number of rotatable bonds is 4. The molecule has 1 aliphatic rings. The van der Waals surface area contributed by atoms with E-state index in [1.54, 1.807) is 6.07 Å². The zero-order valence-corrected chi connectivity index (χ0v) is 12.8.